The van der Waals surface area contributed by atoms with Gasteiger partial charge in [0, 0.05) is 17.5 Å². The van der Waals surface area contributed by atoms with Crippen molar-refractivity contribution in [2.45, 2.75) is 13.5 Å². The fraction of sp³-hybridized carbons (Fsp3) is 0.200. The molecule has 4 nitrogen and oxygen atoms in total. The second-order valence-electron chi connectivity index (χ2n) is 4.37. The zero-order valence-electron chi connectivity index (χ0n) is 11.1. The van der Waals surface area contributed by atoms with Crippen molar-refractivity contribution in [2.75, 3.05) is 11.9 Å². The van der Waals surface area contributed by atoms with Crippen LogP contribution in [0.15, 0.2) is 35.7 Å². The summed E-state index contributed by atoms with van der Waals surface area (Å²) in [7, 11) is 0. The molecule has 0 saturated heterocycles. The fourth-order valence-electron chi connectivity index (χ4n) is 2.18. The van der Waals surface area contributed by atoms with Crippen LogP contribution in [0.3, 0.4) is 0 Å². The van der Waals surface area contributed by atoms with Gasteiger partial charge < -0.3 is 10.4 Å². The van der Waals surface area contributed by atoms with Gasteiger partial charge in [-0.2, -0.15) is 0 Å². The number of hydrogen-bond acceptors (Lipinski definition) is 5. The van der Waals surface area contributed by atoms with Crippen molar-refractivity contribution < 1.29 is 5.11 Å². The van der Waals surface area contributed by atoms with E-state index >= 15 is 0 Å². The molecular formula is C15H15N3OS. The van der Waals surface area contributed by atoms with E-state index in [-0.39, 0.29) is 6.61 Å². The lowest BCUT2D eigenvalue weighted by atomic mass is 10.1. The fourth-order valence-corrected chi connectivity index (χ4v) is 3.15. The summed E-state index contributed by atoms with van der Waals surface area (Å²) in [6.07, 6.45) is 0. The number of hydrogen-bond donors (Lipinski definition) is 2. The first-order valence-electron chi connectivity index (χ1n) is 6.51. The number of thiophene rings is 1. The maximum absolute atomic E-state index is 9.27. The third kappa shape index (κ3) is 2.26. The van der Waals surface area contributed by atoms with Gasteiger partial charge in [0.2, 0.25) is 0 Å². The average Bonchev–Trinajstić information content (AvgIpc) is 2.92. The summed E-state index contributed by atoms with van der Waals surface area (Å²) in [5.41, 5.74) is 2.28. The second-order valence-corrected chi connectivity index (χ2v) is 5.23. The van der Waals surface area contributed by atoms with E-state index in [4.69, 9.17) is 0 Å². The van der Waals surface area contributed by atoms with E-state index in [9.17, 15) is 5.11 Å². The number of benzene rings is 1. The summed E-state index contributed by atoms with van der Waals surface area (Å²) >= 11 is 1.58. The largest absolute Gasteiger partial charge is 0.388 e. The SMILES string of the molecule is CCNc1nc(CO)nc2scc(-c3ccccc3)c12. The molecule has 0 aliphatic carbocycles. The summed E-state index contributed by atoms with van der Waals surface area (Å²) in [6, 6.07) is 10.2. The molecule has 0 amide bonds. The number of aromatic nitrogens is 2. The molecule has 0 fully saturated rings. The highest BCUT2D eigenvalue weighted by molar-refractivity contribution is 7.17. The van der Waals surface area contributed by atoms with Crippen molar-refractivity contribution in [3.05, 3.63) is 41.5 Å². The Balaban J connectivity index is 2.24. The molecule has 0 aliphatic rings. The summed E-state index contributed by atoms with van der Waals surface area (Å²) < 4.78 is 0. The molecule has 0 unspecified atom stereocenters. The third-order valence-corrected chi connectivity index (χ3v) is 3.92. The molecule has 102 valence electrons. The summed E-state index contributed by atoms with van der Waals surface area (Å²) in [6.45, 7) is 2.66. The number of fused-ring (bicyclic) bond motifs is 1. The molecule has 1 aromatic carbocycles. The number of aliphatic hydroxyl groups is 1. The number of nitrogens with one attached hydrogen (secondary N) is 1. The van der Waals surface area contributed by atoms with Gasteiger partial charge >= 0.3 is 0 Å². The molecule has 2 heterocycles. The lowest BCUT2D eigenvalue weighted by molar-refractivity contribution is 0.272. The highest BCUT2D eigenvalue weighted by Crippen LogP contribution is 2.36. The normalized spacial score (nSPS) is 10.9. The lowest BCUT2D eigenvalue weighted by Gasteiger charge is -2.08. The van der Waals surface area contributed by atoms with Gasteiger partial charge in [-0.15, -0.1) is 11.3 Å². The maximum atomic E-state index is 9.27. The third-order valence-electron chi connectivity index (χ3n) is 3.05. The van der Waals surface area contributed by atoms with E-state index in [1.807, 2.05) is 25.1 Å². The van der Waals surface area contributed by atoms with E-state index in [1.165, 1.54) is 0 Å². The van der Waals surface area contributed by atoms with Gasteiger partial charge in [-0.3, -0.25) is 0 Å². The molecule has 2 aromatic heterocycles. The van der Waals surface area contributed by atoms with Crippen LogP contribution in [0.5, 0.6) is 0 Å². The Morgan fingerprint density at radius 3 is 2.70 bits per heavy atom. The van der Waals surface area contributed by atoms with Crippen LogP contribution in [-0.2, 0) is 6.61 Å². The van der Waals surface area contributed by atoms with E-state index in [1.54, 1.807) is 11.3 Å². The zero-order chi connectivity index (χ0) is 13.9. The van der Waals surface area contributed by atoms with Crippen molar-refractivity contribution in [2.24, 2.45) is 0 Å². The van der Waals surface area contributed by atoms with Gasteiger partial charge in [-0.1, -0.05) is 30.3 Å². The summed E-state index contributed by atoms with van der Waals surface area (Å²) in [4.78, 5) is 9.70. The Hall–Kier alpha value is -1.98. The molecule has 0 atom stereocenters. The first-order valence-corrected chi connectivity index (χ1v) is 7.39. The summed E-state index contributed by atoms with van der Waals surface area (Å²) in [5, 5.41) is 15.7. The predicted molar refractivity (Wildman–Crippen MR) is 82.9 cm³/mol. The summed E-state index contributed by atoms with van der Waals surface area (Å²) in [5.74, 6) is 1.25. The molecule has 3 rings (SSSR count). The quantitative estimate of drug-likeness (QED) is 0.772. The first-order chi connectivity index (χ1) is 9.83. The zero-order valence-corrected chi connectivity index (χ0v) is 11.9. The molecule has 2 N–H and O–H groups in total. The molecule has 0 radical (unpaired) electrons. The molecule has 0 aliphatic heterocycles. The Bertz CT molecular complexity index is 725. The van der Waals surface area contributed by atoms with E-state index in [0.717, 1.165) is 33.7 Å². The molecule has 5 heteroatoms. The van der Waals surface area contributed by atoms with Gasteiger partial charge in [0.1, 0.15) is 17.3 Å². The van der Waals surface area contributed by atoms with Gasteiger partial charge in [0.05, 0.1) is 5.39 Å². The Morgan fingerprint density at radius 1 is 1.20 bits per heavy atom. The van der Waals surface area contributed by atoms with Gasteiger partial charge in [-0.25, -0.2) is 9.97 Å². The minimum absolute atomic E-state index is 0.146. The number of anilines is 1. The monoisotopic (exact) mass is 285 g/mol. The molecule has 20 heavy (non-hydrogen) atoms. The van der Waals surface area contributed by atoms with Crippen molar-refractivity contribution in [3.8, 4) is 11.1 Å². The van der Waals surface area contributed by atoms with Gasteiger partial charge in [0.25, 0.3) is 0 Å². The van der Waals surface area contributed by atoms with Crippen LogP contribution >= 0.6 is 11.3 Å². The molecular weight excluding hydrogens is 270 g/mol. The van der Waals surface area contributed by atoms with E-state index in [0.29, 0.717) is 5.82 Å². The highest BCUT2D eigenvalue weighted by atomic mass is 32.1. The van der Waals surface area contributed by atoms with E-state index < -0.39 is 0 Å². The minimum Gasteiger partial charge on any atom is -0.388 e. The van der Waals surface area contributed by atoms with Crippen LogP contribution in [0.4, 0.5) is 5.82 Å². The van der Waals surface area contributed by atoms with Crippen molar-refractivity contribution in [3.63, 3.8) is 0 Å². The standard InChI is InChI=1S/C15H15N3OS/c1-2-16-14-13-11(10-6-4-3-5-7-10)9-20-15(13)18-12(8-19)17-14/h3-7,9,19H,2,8H2,1H3,(H,16,17,18). The average molecular weight is 285 g/mol. The van der Waals surface area contributed by atoms with Crippen molar-refractivity contribution in [1.29, 1.82) is 0 Å². The van der Waals surface area contributed by atoms with Gasteiger partial charge in [-0.05, 0) is 12.5 Å². The number of rotatable bonds is 4. The highest BCUT2D eigenvalue weighted by Gasteiger charge is 2.14. The predicted octanol–water partition coefficient (Wildman–Crippen LogP) is 3.28. The molecule has 0 saturated carbocycles. The number of nitrogens with zero attached hydrogens (tertiary/aromatic N) is 2. The van der Waals surface area contributed by atoms with Crippen molar-refractivity contribution in [1.82, 2.24) is 9.97 Å². The van der Waals surface area contributed by atoms with Gasteiger partial charge in [0.15, 0.2) is 5.82 Å². The molecule has 0 spiro atoms. The number of aliphatic hydroxyl groups excluding tert-OH is 1. The van der Waals surface area contributed by atoms with Crippen LogP contribution in [0.1, 0.15) is 12.7 Å². The molecule has 3 aromatic rings. The second kappa shape index (κ2) is 5.56. The minimum atomic E-state index is -0.146. The maximum Gasteiger partial charge on any atom is 0.157 e. The van der Waals surface area contributed by atoms with E-state index in [2.05, 4.69) is 32.8 Å². The van der Waals surface area contributed by atoms with Crippen molar-refractivity contribution >= 4 is 27.4 Å². The van der Waals surface area contributed by atoms with Crippen LogP contribution in [-0.4, -0.2) is 21.6 Å². The topological polar surface area (TPSA) is 58.0 Å². The van der Waals surface area contributed by atoms with Crippen LogP contribution in [0.25, 0.3) is 21.3 Å². The lowest BCUT2D eigenvalue weighted by Crippen LogP contribution is -2.04. The first kappa shape index (κ1) is 13.0. The Labute approximate surface area is 121 Å². The van der Waals surface area contributed by atoms with Crippen LogP contribution in [0.2, 0.25) is 0 Å². The smallest absolute Gasteiger partial charge is 0.157 e. The Morgan fingerprint density at radius 2 is 2.00 bits per heavy atom. The van der Waals surface area contributed by atoms with Crippen LogP contribution in [0, 0.1) is 0 Å². The molecule has 0 bridgehead atoms. The van der Waals surface area contributed by atoms with Crippen LogP contribution < -0.4 is 5.32 Å². The Kier molecular flexibility index (Phi) is 3.62.